The zero-order valence-corrected chi connectivity index (χ0v) is 29.0. The van der Waals surface area contributed by atoms with E-state index in [2.05, 4.69) is 89.5 Å². The number of nitrogens with zero attached hydrogens (tertiary/aromatic N) is 5. The molecule has 248 valence electrons. The van der Waals surface area contributed by atoms with Gasteiger partial charge in [-0.1, -0.05) is 133 Å². The standard InChI is InChI=1S/C46H27N5OS/c1-3-12-28(13-4-1)43-48-44(29-14-5-2-6-15-29)50-45(49-43)31-23-25-40-36(26-31)35-18-11-17-32(42(35)52-40)30-22-24-34-33-16-7-9-20-38(33)51(39(34)27-30)46-47-37-19-8-10-21-41(37)53-46/h1-27H. The minimum Gasteiger partial charge on any atom is -0.455 e. The molecule has 0 N–H and O–H groups in total. The lowest BCUT2D eigenvalue weighted by atomic mass is 10.0. The molecule has 0 aliphatic rings. The predicted octanol–water partition coefficient (Wildman–Crippen LogP) is 12.1. The Labute approximate surface area is 307 Å². The fourth-order valence-electron chi connectivity index (χ4n) is 7.40. The van der Waals surface area contributed by atoms with E-state index < -0.39 is 0 Å². The summed E-state index contributed by atoms with van der Waals surface area (Å²) in [5.74, 6) is 1.87. The molecular weight excluding hydrogens is 671 g/mol. The molecule has 0 bridgehead atoms. The summed E-state index contributed by atoms with van der Waals surface area (Å²) < 4.78 is 10.1. The number of thiazole rings is 1. The molecule has 0 aliphatic heterocycles. The fourth-order valence-corrected chi connectivity index (χ4v) is 8.40. The topological polar surface area (TPSA) is 69.6 Å². The summed E-state index contributed by atoms with van der Waals surface area (Å²) in [4.78, 5) is 19.9. The van der Waals surface area contributed by atoms with Crippen LogP contribution in [0.1, 0.15) is 0 Å². The summed E-state index contributed by atoms with van der Waals surface area (Å²) in [5.41, 5.74) is 9.77. The lowest BCUT2D eigenvalue weighted by Crippen LogP contribution is -2.00. The molecule has 53 heavy (non-hydrogen) atoms. The average Bonchev–Trinajstić information content (AvgIpc) is 3.92. The first-order valence-corrected chi connectivity index (χ1v) is 18.3. The third kappa shape index (κ3) is 4.86. The molecule has 11 aromatic rings. The summed E-state index contributed by atoms with van der Waals surface area (Å²) in [5, 5.41) is 5.38. The number of hydrogen-bond acceptors (Lipinski definition) is 6. The number of fused-ring (bicyclic) bond motifs is 7. The van der Waals surface area contributed by atoms with Gasteiger partial charge in [0.15, 0.2) is 22.6 Å². The van der Waals surface area contributed by atoms with Crippen molar-refractivity contribution in [3.63, 3.8) is 0 Å². The van der Waals surface area contributed by atoms with E-state index in [1.165, 1.54) is 15.5 Å². The zero-order valence-electron chi connectivity index (χ0n) is 28.1. The minimum atomic E-state index is 0.609. The molecule has 4 aromatic heterocycles. The van der Waals surface area contributed by atoms with Crippen LogP contribution in [0.15, 0.2) is 168 Å². The molecule has 0 spiro atoms. The van der Waals surface area contributed by atoms with Crippen LogP contribution in [0, 0.1) is 0 Å². The Morgan fingerprint density at radius 2 is 1.08 bits per heavy atom. The van der Waals surface area contributed by atoms with Gasteiger partial charge < -0.3 is 4.42 Å². The van der Waals surface area contributed by atoms with Crippen molar-refractivity contribution in [2.75, 3.05) is 0 Å². The molecule has 0 aliphatic carbocycles. The van der Waals surface area contributed by atoms with Crippen molar-refractivity contribution in [2.24, 2.45) is 0 Å². The van der Waals surface area contributed by atoms with Gasteiger partial charge in [0, 0.05) is 43.8 Å². The van der Waals surface area contributed by atoms with Gasteiger partial charge in [-0.25, -0.2) is 19.9 Å². The molecule has 4 heterocycles. The van der Waals surface area contributed by atoms with E-state index in [0.717, 1.165) is 71.4 Å². The maximum Gasteiger partial charge on any atom is 0.195 e. The molecule has 6 nitrogen and oxygen atoms in total. The van der Waals surface area contributed by atoms with E-state index in [9.17, 15) is 0 Å². The van der Waals surface area contributed by atoms with Crippen molar-refractivity contribution in [3.8, 4) is 50.4 Å². The van der Waals surface area contributed by atoms with Crippen LogP contribution in [0.25, 0.3) is 104 Å². The molecule has 0 saturated carbocycles. The Morgan fingerprint density at radius 1 is 0.434 bits per heavy atom. The molecule has 0 unspecified atom stereocenters. The third-order valence-corrected chi connectivity index (χ3v) is 10.9. The van der Waals surface area contributed by atoms with E-state index in [1.54, 1.807) is 11.3 Å². The van der Waals surface area contributed by atoms with Gasteiger partial charge in [0.05, 0.1) is 21.3 Å². The highest BCUT2D eigenvalue weighted by atomic mass is 32.1. The maximum atomic E-state index is 6.67. The Bertz CT molecular complexity index is 3090. The van der Waals surface area contributed by atoms with Crippen LogP contribution >= 0.6 is 11.3 Å². The summed E-state index contributed by atoms with van der Waals surface area (Å²) in [6, 6.07) is 56.3. The molecule has 0 fully saturated rings. The number of benzene rings is 7. The van der Waals surface area contributed by atoms with Crippen molar-refractivity contribution < 1.29 is 4.42 Å². The zero-order chi connectivity index (χ0) is 34.9. The number of para-hydroxylation sites is 3. The quantitative estimate of drug-likeness (QED) is 0.179. The molecule has 0 saturated heterocycles. The molecule has 11 rings (SSSR count). The fraction of sp³-hybridized carbons (Fsp3) is 0. The van der Waals surface area contributed by atoms with Gasteiger partial charge in [-0.3, -0.25) is 4.57 Å². The maximum absolute atomic E-state index is 6.67. The van der Waals surface area contributed by atoms with Gasteiger partial charge in [0.2, 0.25) is 0 Å². The van der Waals surface area contributed by atoms with E-state index in [0.29, 0.717) is 17.5 Å². The van der Waals surface area contributed by atoms with Gasteiger partial charge in [-0.15, -0.1) is 0 Å². The summed E-state index contributed by atoms with van der Waals surface area (Å²) in [6.45, 7) is 0. The lowest BCUT2D eigenvalue weighted by molar-refractivity contribution is 0.670. The number of rotatable bonds is 5. The van der Waals surface area contributed by atoms with Crippen molar-refractivity contribution in [1.29, 1.82) is 0 Å². The van der Waals surface area contributed by atoms with Gasteiger partial charge in [0.25, 0.3) is 0 Å². The summed E-state index contributed by atoms with van der Waals surface area (Å²) in [6.07, 6.45) is 0. The van der Waals surface area contributed by atoms with Gasteiger partial charge in [-0.2, -0.15) is 0 Å². The molecule has 7 heteroatoms. The second kappa shape index (κ2) is 11.8. The second-order valence-corrected chi connectivity index (χ2v) is 14.1. The van der Waals surface area contributed by atoms with Gasteiger partial charge >= 0.3 is 0 Å². The lowest BCUT2D eigenvalue weighted by Gasteiger charge is -2.08. The van der Waals surface area contributed by atoms with Crippen molar-refractivity contribution in [3.05, 3.63) is 164 Å². The average molecular weight is 698 g/mol. The van der Waals surface area contributed by atoms with Crippen molar-refractivity contribution in [1.82, 2.24) is 24.5 Å². The second-order valence-electron chi connectivity index (χ2n) is 13.1. The Balaban J connectivity index is 1.07. The molecule has 7 aromatic carbocycles. The normalized spacial score (nSPS) is 11.8. The Morgan fingerprint density at radius 3 is 1.85 bits per heavy atom. The minimum absolute atomic E-state index is 0.609. The third-order valence-electron chi connectivity index (χ3n) is 9.91. The smallest absolute Gasteiger partial charge is 0.195 e. The first kappa shape index (κ1) is 29.7. The highest BCUT2D eigenvalue weighted by Gasteiger charge is 2.19. The molecule has 0 amide bonds. The molecular formula is C46H27N5OS. The monoisotopic (exact) mass is 697 g/mol. The van der Waals surface area contributed by atoms with Crippen molar-refractivity contribution >= 4 is 65.3 Å². The van der Waals surface area contributed by atoms with Crippen LogP contribution in [-0.4, -0.2) is 24.5 Å². The van der Waals surface area contributed by atoms with Crippen LogP contribution in [0.5, 0.6) is 0 Å². The molecule has 0 radical (unpaired) electrons. The summed E-state index contributed by atoms with van der Waals surface area (Å²) in [7, 11) is 0. The first-order chi connectivity index (χ1) is 26.2. The number of aromatic nitrogens is 5. The highest BCUT2D eigenvalue weighted by molar-refractivity contribution is 7.20. The van der Waals surface area contributed by atoms with Crippen LogP contribution in [0.4, 0.5) is 0 Å². The first-order valence-electron chi connectivity index (χ1n) is 17.5. The Kier molecular flexibility index (Phi) is 6.62. The van der Waals surface area contributed by atoms with Gasteiger partial charge in [-0.05, 0) is 48.0 Å². The largest absolute Gasteiger partial charge is 0.455 e. The number of furan rings is 1. The van der Waals surface area contributed by atoms with E-state index >= 15 is 0 Å². The predicted molar refractivity (Wildman–Crippen MR) is 216 cm³/mol. The van der Waals surface area contributed by atoms with Gasteiger partial charge in [0.1, 0.15) is 11.2 Å². The van der Waals surface area contributed by atoms with E-state index in [-0.39, 0.29) is 0 Å². The van der Waals surface area contributed by atoms with E-state index in [4.69, 9.17) is 24.4 Å². The Hall–Kier alpha value is -6.96. The van der Waals surface area contributed by atoms with Crippen LogP contribution in [-0.2, 0) is 0 Å². The van der Waals surface area contributed by atoms with E-state index in [1.807, 2.05) is 78.9 Å². The molecule has 0 atom stereocenters. The van der Waals surface area contributed by atoms with Crippen LogP contribution in [0.3, 0.4) is 0 Å². The number of hydrogen-bond donors (Lipinski definition) is 0. The van der Waals surface area contributed by atoms with Crippen molar-refractivity contribution in [2.45, 2.75) is 0 Å². The highest BCUT2D eigenvalue weighted by Crippen LogP contribution is 2.41. The SMILES string of the molecule is c1ccc(-c2nc(-c3ccccc3)nc(-c3ccc4oc5c(-c6ccc7c8ccccc8n(-c8nc9ccccc9s8)c7c6)cccc5c4c3)n2)cc1. The van der Waals surface area contributed by atoms with Crippen LogP contribution < -0.4 is 0 Å². The summed E-state index contributed by atoms with van der Waals surface area (Å²) >= 11 is 1.71. The van der Waals surface area contributed by atoms with Crippen LogP contribution in [0.2, 0.25) is 0 Å².